The summed E-state index contributed by atoms with van der Waals surface area (Å²) in [7, 11) is 0. The molecule has 0 saturated heterocycles. The van der Waals surface area contributed by atoms with Crippen molar-refractivity contribution in [2.75, 3.05) is 0 Å². The van der Waals surface area contributed by atoms with Gasteiger partial charge in [-0.25, -0.2) is 4.98 Å². The Balaban J connectivity index is 1.88. The summed E-state index contributed by atoms with van der Waals surface area (Å²) in [4.78, 5) is 4.84. The lowest BCUT2D eigenvalue weighted by atomic mass is 10.0. The van der Waals surface area contributed by atoms with Crippen LogP contribution in [0.15, 0.2) is 83.3 Å². The standard InChI is InChI=1S/C21H14BrNS/c22-17-12-10-15(11-13-17)14-18(16-6-2-1-3-7-16)21-23-19-8-4-5-9-20(19)24-21/h1-14H. The maximum Gasteiger partial charge on any atom is 0.125 e. The Hall–Kier alpha value is -2.23. The number of benzene rings is 3. The molecule has 1 heterocycles. The minimum atomic E-state index is 1.05. The number of fused-ring (bicyclic) bond motifs is 1. The van der Waals surface area contributed by atoms with Gasteiger partial charge in [0.15, 0.2) is 0 Å². The number of rotatable bonds is 3. The molecule has 0 radical (unpaired) electrons. The maximum atomic E-state index is 4.84. The Bertz CT molecular complexity index is 968. The third kappa shape index (κ3) is 3.18. The van der Waals surface area contributed by atoms with E-state index in [0.717, 1.165) is 26.1 Å². The van der Waals surface area contributed by atoms with Crippen molar-refractivity contribution in [3.8, 4) is 0 Å². The summed E-state index contributed by atoms with van der Waals surface area (Å²) in [6.45, 7) is 0. The Kier molecular flexibility index (Phi) is 4.28. The number of aromatic nitrogens is 1. The largest absolute Gasteiger partial charge is 0.236 e. The van der Waals surface area contributed by atoms with Gasteiger partial charge in [0.2, 0.25) is 0 Å². The SMILES string of the molecule is Brc1ccc(C=C(c2ccccc2)c2nc3ccccc3s2)cc1. The van der Waals surface area contributed by atoms with Crippen molar-refractivity contribution in [2.45, 2.75) is 0 Å². The summed E-state index contributed by atoms with van der Waals surface area (Å²) < 4.78 is 2.30. The monoisotopic (exact) mass is 391 g/mol. The third-order valence-corrected chi connectivity index (χ3v) is 5.39. The van der Waals surface area contributed by atoms with Crippen LogP contribution in [0.3, 0.4) is 0 Å². The van der Waals surface area contributed by atoms with Crippen LogP contribution in [0.1, 0.15) is 16.1 Å². The number of nitrogens with zero attached hydrogens (tertiary/aromatic N) is 1. The Morgan fingerprint density at radius 1 is 0.833 bits per heavy atom. The molecule has 0 N–H and O–H groups in total. The van der Waals surface area contributed by atoms with Crippen molar-refractivity contribution in [2.24, 2.45) is 0 Å². The van der Waals surface area contributed by atoms with Crippen LogP contribution in [0.4, 0.5) is 0 Å². The first-order valence-corrected chi connectivity index (χ1v) is 9.29. The van der Waals surface area contributed by atoms with Crippen molar-refractivity contribution in [1.29, 1.82) is 0 Å². The van der Waals surface area contributed by atoms with E-state index < -0.39 is 0 Å². The summed E-state index contributed by atoms with van der Waals surface area (Å²) in [5, 5.41) is 1.05. The normalized spacial score (nSPS) is 11.8. The minimum Gasteiger partial charge on any atom is -0.236 e. The fourth-order valence-corrected chi connectivity index (χ4v) is 3.87. The molecule has 0 fully saturated rings. The number of thiazole rings is 1. The summed E-state index contributed by atoms with van der Waals surface area (Å²) in [6, 6.07) is 27.1. The average Bonchev–Trinajstić information content (AvgIpc) is 3.06. The molecule has 3 aromatic carbocycles. The van der Waals surface area contributed by atoms with E-state index in [1.807, 2.05) is 12.1 Å². The summed E-state index contributed by atoms with van der Waals surface area (Å²) in [5.41, 5.74) is 4.55. The highest BCUT2D eigenvalue weighted by Gasteiger charge is 2.11. The smallest absolute Gasteiger partial charge is 0.125 e. The number of hydrogen-bond donors (Lipinski definition) is 0. The van der Waals surface area contributed by atoms with Gasteiger partial charge in [-0.3, -0.25) is 0 Å². The van der Waals surface area contributed by atoms with E-state index >= 15 is 0 Å². The van der Waals surface area contributed by atoms with E-state index in [1.54, 1.807) is 11.3 Å². The molecule has 116 valence electrons. The predicted octanol–water partition coefficient (Wildman–Crippen LogP) is 6.65. The first-order valence-electron chi connectivity index (χ1n) is 7.68. The van der Waals surface area contributed by atoms with Crippen LogP contribution in [0, 0.1) is 0 Å². The Morgan fingerprint density at radius 2 is 1.54 bits per heavy atom. The first-order chi connectivity index (χ1) is 11.8. The maximum absolute atomic E-state index is 4.84. The lowest BCUT2D eigenvalue weighted by molar-refractivity contribution is 1.43. The summed E-state index contributed by atoms with van der Waals surface area (Å²) >= 11 is 5.23. The average molecular weight is 392 g/mol. The number of para-hydroxylation sites is 1. The highest BCUT2D eigenvalue weighted by Crippen LogP contribution is 2.32. The van der Waals surface area contributed by atoms with Crippen molar-refractivity contribution in [3.05, 3.63) is 99.5 Å². The fourth-order valence-electron chi connectivity index (χ4n) is 2.60. The molecule has 0 atom stereocenters. The Labute approximate surface area is 153 Å². The molecule has 1 aromatic heterocycles. The van der Waals surface area contributed by atoms with Crippen LogP contribution in [0.25, 0.3) is 21.9 Å². The van der Waals surface area contributed by atoms with Crippen LogP contribution in [-0.2, 0) is 0 Å². The summed E-state index contributed by atoms with van der Waals surface area (Å²) in [5.74, 6) is 0. The molecule has 0 saturated carbocycles. The van der Waals surface area contributed by atoms with E-state index in [9.17, 15) is 0 Å². The molecule has 3 heteroatoms. The molecule has 0 unspecified atom stereocenters. The lowest BCUT2D eigenvalue weighted by Gasteiger charge is -2.05. The summed E-state index contributed by atoms with van der Waals surface area (Å²) in [6.07, 6.45) is 2.21. The molecule has 24 heavy (non-hydrogen) atoms. The number of halogens is 1. The highest BCUT2D eigenvalue weighted by atomic mass is 79.9. The van der Waals surface area contributed by atoms with Crippen molar-refractivity contribution in [1.82, 2.24) is 4.98 Å². The van der Waals surface area contributed by atoms with Crippen LogP contribution >= 0.6 is 27.3 Å². The third-order valence-electron chi connectivity index (χ3n) is 3.79. The zero-order chi connectivity index (χ0) is 16.4. The minimum absolute atomic E-state index is 1.05. The zero-order valence-corrected chi connectivity index (χ0v) is 15.2. The molecule has 0 amide bonds. The molecule has 0 aliphatic heterocycles. The lowest BCUT2D eigenvalue weighted by Crippen LogP contribution is -1.87. The van der Waals surface area contributed by atoms with E-state index in [1.165, 1.54) is 10.3 Å². The fraction of sp³-hybridized carbons (Fsp3) is 0. The van der Waals surface area contributed by atoms with Gasteiger partial charge in [0, 0.05) is 10.0 Å². The van der Waals surface area contributed by atoms with E-state index in [2.05, 4.69) is 88.7 Å². The van der Waals surface area contributed by atoms with Crippen molar-refractivity contribution >= 4 is 49.1 Å². The van der Waals surface area contributed by atoms with Gasteiger partial charge in [-0.1, -0.05) is 70.5 Å². The van der Waals surface area contributed by atoms with Crippen LogP contribution in [-0.4, -0.2) is 4.98 Å². The van der Waals surface area contributed by atoms with Gasteiger partial charge in [0.05, 0.1) is 10.2 Å². The van der Waals surface area contributed by atoms with Gasteiger partial charge >= 0.3 is 0 Å². The van der Waals surface area contributed by atoms with Crippen molar-refractivity contribution in [3.63, 3.8) is 0 Å². The van der Waals surface area contributed by atoms with Gasteiger partial charge in [0.1, 0.15) is 5.01 Å². The molecule has 0 aliphatic rings. The van der Waals surface area contributed by atoms with Crippen molar-refractivity contribution < 1.29 is 0 Å². The molecule has 0 aliphatic carbocycles. The Morgan fingerprint density at radius 3 is 2.29 bits per heavy atom. The van der Waals surface area contributed by atoms with Crippen LogP contribution < -0.4 is 0 Å². The predicted molar refractivity (Wildman–Crippen MR) is 107 cm³/mol. The van der Waals surface area contributed by atoms with E-state index in [0.29, 0.717) is 0 Å². The molecule has 1 nitrogen and oxygen atoms in total. The van der Waals surface area contributed by atoms with Crippen LogP contribution in [0.5, 0.6) is 0 Å². The second-order valence-corrected chi connectivity index (χ2v) is 7.41. The van der Waals surface area contributed by atoms with Gasteiger partial charge in [-0.2, -0.15) is 0 Å². The number of hydrogen-bond acceptors (Lipinski definition) is 2. The highest BCUT2D eigenvalue weighted by molar-refractivity contribution is 9.10. The first kappa shape index (κ1) is 15.3. The molecule has 4 aromatic rings. The van der Waals surface area contributed by atoms with Gasteiger partial charge in [0.25, 0.3) is 0 Å². The topological polar surface area (TPSA) is 12.9 Å². The van der Waals surface area contributed by atoms with Gasteiger partial charge in [-0.05, 0) is 41.5 Å². The molecule has 0 spiro atoms. The quantitative estimate of drug-likeness (QED) is 0.356. The van der Waals surface area contributed by atoms with E-state index in [-0.39, 0.29) is 0 Å². The van der Waals surface area contributed by atoms with E-state index in [4.69, 9.17) is 4.98 Å². The van der Waals surface area contributed by atoms with Gasteiger partial charge in [-0.15, -0.1) is 11.3 Å². The second-order valence-electron chi connectivity index (χ2n) is 5.46. The zero-order valence-electron chi connectivity index (χ0n) is 12.8. The molecule has 4 rings (SSSR count). The molecular weight excluding hydrogens is 378 g/mol. The van der Waals surface area contributed by atoms with Gasteiger partial charge < -0.3 is 0 Å². The molecular formula is C21H14BrNS. The second kappa shape index (κ2) is 6.71. The van der Waals surface area contributed by atoms with Crippen LogP contribution in [0.2, 0.25) is 0 Å². The molecule has 0 bridgehead atoms.